The van der Waals surface area contributed by atoms with Crippen LogP contribution in [0.4, 0.5) is 5.82 Å². The van der Waals surface area contributed by atoms with Crippen molar-refractivity contribution in [3.05, 3.63) is 18.3 Å². The van der Waals surface area contributed by atoms with Gasteiger partial charge in [0.2, 0.25) is 0 Å². The van der Waals surface area contributed by atoms with Crippen LogP contribution in [0.3, 0.4) is 0 Å². The fourth-order valence-corrected chi connectivity index (χ4v) is 1.54. The predicted octanol–water partition coefficient (Wildman–Crippen LogP) is 2.08. The molecule has 1 aliphatic rings. The normalized spacial score (nSPS) is 18.2. The van der Waals surface area contributed by atoms with E-state index in [1.165, 1.54) is 19.3 Å². The molecule has 0 radical (unpaired) electrons. The second-order valence-electron chi connectivity index (χ2n) is 3.83. The van der Waals surface area contributed by atoms with Crippen molar-refractivity contribution in [2.45, 2.75) is 32.2 Å². The van der Waals surface area contributed by atoms with Crippen LogP contribution in [-0.2, 0) is 0 Å². The van der Waals surface area contributed by atoms with Crippen LogP contribution in [0.25, 0.3) is 0 Å². The highest BCUT2D eigenvalue weighted by atomic mass is 15.2. The third-order valence-corrected chi connectivity index (χ3v) is 2.35. The molecular formula is C10H15N3. The zero-order valence-corrected chi connectivity index (χ0v) is 7.90. The Labute approximate surface area is 78.6 Å². The van der Waals surface area contributed by atoms with Crippen LogP contribution < -0.4 is 5.32 Å². The third-order valence-electron chi connectivity index (χ3n) is 2.35. The largest absolute Gasteiger partial charge is 0.366 e. The molecule has 0 amide bonds. The number of anilines is 1. The molecule has 2 rings (SSSR count). The first-order valence-corrected chi connectivity index (χ1v) is 4.89. The van der Waals surface area contributed by atoms with Crippen LogP contribution in [0.2, 0.25) is 0 Å². The van der Waals surface area contributed by atoms with Crippen molar-refractivity contribution >= 4 is 5.82 Å². The van der Waals surface area contributed by atoms with E-state index in [1.54, 1.807) is 6.20 Å². The lowest BCUT2D eigenvalue weighted by atomic mass is 10.1. The van der Waals surface area contributed by atoms with Gasteiger partial charge in [0.05, 0.1) is 0 Å². The maximum Gasteiger partial charge on any atom is 0.148 e. The third kappa shape index (κ3) is 2.68. The molecule has 0 spiro atoms. The molecule has 0 aromatic carbocycles. The summed E-state index contributed by atoms with van der Waals surface area (Å²) in [7, 11) is 0. The number of hydrogen-bond donors (Lipinski definition) is 1. The van der Waals surface area contributed by atoms with Gasteiger partial charge in [-0.1, -0.05) is 12.8 Å². The summed E-state index contributed by atoms with van der Waals surface area (Å²) in [5.74, 6) is 1.84. The maximum atomic E-state index is 3.99. The summed E-state index contributed by atoms with van der Waals surface area (Å²) < 4.78 is 0. The first kappa shape index (κ1) is 8.48. The van der Waals surface area contributed by atoms with Crippen LogP contribution in [0.15, 0.2) is 18.3 Å². The molecule has 0 bridgehead atoms. The van der Waals surface area contributed by atoms with Crippen molar-refractivity contribution in [2.24, 2.45) is 5.92 Å². The van der Waals surface area contributed by atoms with Crippen molar-refractivity contribution in [3.63, 3.8) is 0 Å². The molecule has 3 heteroatoms. The van der Waals surface area contributed by atoms with Gasteiger partial charge in [-0.15, -0.1) is 5.10 Å². The molecule has 1 saturated carbocycles. The topological polar surface area (TPSA) is 37.8 Å². The molecule has 70 valence electrons. The van der Waals surface area contributed by atoms with Gasteiger partial charge < -0.3 is 5.32 Å². The van der Waals surface area contributed by atoms with Crippen LogP contribution in [0.1, 0.15) is 26.2 Å². The van der Waals surface area contributed by atoms with Crippen molar-refractivity contribution in [3.8, 4) is 0 Å². The molecule has 1 aromatic rings. The Kier molecular flexibility index (Phi) is 2.43. The Morgan fingerprint density at radius 1 is 1.62 bits per heavy atom. The molecule has 0 aliphatic heterocycles. The fourth-order valence-electron chi connectivity index (χ4n) is 1.54. The summed E-state index contributed by atoms with van der Waals surface area (Å²) in [4.78, 5) is 0. The fraction of sp³-hybridized carbons (Fsp3) is 0.600. The van der Waals surface area contributed by atoms with Crippen molar-refractivity contribution in [1.82, 2.24) is 10.2 Å². The van der Waals surface area contributed by atoms with Gasteiger partial charge in [-0.3, -0.25) is 0 Å². The molecule has 1 N–H and O–H groups in total. The molecule has 1 unspecified atom stereocenters. The van der Waals surface area contributed by atoms with E-state index < -0.39 is 0 Å². The van der Waals surface area contributed by atoms with E-state index in [1.807, 2.05) is 12.1 Å². The number of aromatic nitrogens is 2. The van der Waals surface area contributed by atoms with Crippen LogP contribution in [0, 0.1) is 5.92 Å². The minimum atomic E-state index is 0.518. The Morgan fingerprint density at radius 3 is 3.08 bits per heavy atom. The lowest BCUT2D eigenvalue weighted by Gasteiger charge is -2.12. The van der Waals surface area contributed by atoms with E-state index in [4.69, 9.17) is 0 Å². The van der Waals surface area contributed by atoms with Crippen LogP contribution in [-0.4, -0.2) is 16.2 Å². The predicted molar refractivity (Wildman–Crippen MR) is 52.5 cm³/mol. The van der Waals surface area contributed by atoms with Crippen molar-refractivity contribution in [1.29, 1.82) is 0 Å². The number of hydrogen-bond acceptors (Lipinski definition) is 3. The summed E-state index contributed by atoms with van der Waals surface area (Å²) in [6.07, 6.45) is 5.77. The number of nitrogens with zero attached hydrogens (tertiary/aromatic N) is 2. The van der Waals surface area contributed by atoms with Crippen molar-refractivity contribution in [2.75, 3.05) is 5.32 Å². The van der Waals surface area contributed by atoms with Gasteiger partial charge >= 0.3 is 0 Å². The average Bonchev–Trinajstić information content (AvgIpc) is 2.90. The Hall–Kier alpha value is -1.12. The molecule has 1 heterocycles. The second kappa shape index (κ2) is 3.73. The summed E-state index contributed by atoms with van der Waals surface area (Å²) in [6, 6.07) is 4.37. The first-order valence-electron chi connectivity index (χ1n) is 4.89. The van der Waals surface area contributed by atoms with Crippen molar-refractivity contribution < 1.29 is 0 Å². The van der Waals surface area contributed by atoms with Crippen LogP contribution in [0.5, 0.6) is 0 Å². The first-order chi connectivity index (χ1) is 6.34. The standard InChI is InChI=1S/C10H15N3/c1-8(7-9-4-5-9)12-10-3-2-6-11-13-10/h2-3,6,8-9H,4-5,7H2,1H3,(H,12,13). The zero-order chi connectivity index (χ0) is 9.10. The maximum absolute atomic E-state index is 3.99. The quantitative estimate of drug-likeness (QED) is 0.765. The minimum absolute atomic E-state index is 0.518. The van der Waals surface area contributed by atoms with Gasteiger partial charge in [-0.05, 0) is 31.4 Å². The van der Waals surface area contributed by atoms with E-state index in [-0.39, 0.29) is 0 Å². The van der Waals surface area contributed by atoms with Gasteiger partial charge in [-0.25, -0.2) is 0 Å². The van der Waals surface area contributed by atoms with E-state index in [9.17, 15) is 0 Å². The highest BCUT2D eigenvalue weighted by Gasteiger charge is 2.23. The average molecular weight is 177 g/mol. The summed E-state index contributed by atoms with van der Waals surface area (Å²) in [6.45, 7) is 2.20. The van der Waals surface area contributed by atoms with E-state index in [0.29, 0.717) is 6.04 Å². The Bertz CT molecular complexity index is 256. The SMILES string of the molecule is CC(CC1CC1)Nc1cccnn1. The molecule has 0 saturated heterocycles. The minimum Gasteiger partial charge on any atom is -0.366 e. The highest BCUT2D eigenvalue weighted by Crippen LogP contribution is 2.33. The smallest absolute Gasteiger partial charge is 0.148 e. The lowest BCUT2D eigenvalue weighted by Crippen LogP contribution is -2.16. The Balaban J connectivity index is 1.82. The van der Waals surface area contributed by atoms with Gasteiger partial charge in [0.15, 0.2) is 0 Å². The lowest BCUT2D eigenvalue weighted by molar-refractivity contribution is 0.639. The Morgan fingerprint density at radius 2 is 2.46 bits per heavy atom. The van der Waals surface area contributed by atoms with E-state index in [0.717, 1.165) is 11.7 Å². The van der Waals surface area contributed by atoms with Gasteiger partial charge in [0, 0.05) is 12.2 Å². The number of rotatable bonds is 4. The van der Waals surface area contributed by atoms with E-state index in [2.05, 4.69) is 22.4 Å². The van der Waals surface area contributed by atoms with Gasteiger partial charge in [0.1, 0.15) is 5.82 Å². The molecular weight excluding hydrogens is 162 g/mol. The molecule has 1 fully saturated rings. The molecule has 3 nitrogen and oxygen atoms in total. The highest BCUT2D eigenvalue weighted by molar-refractivity contribution is 5.32. The summed E-state index contributed by atoms with van der Waals surface area (Å²) in [5, 5.41) is 11.1. The molecule has 1 atom stereocenters. The summed E-state index contributed by atoms with van der Waals surface area (Å²) >= 11 is 0. The van der Waals surface area contributed by atoms with Gasteiger partial charge in [-0.2, -0.15) is 5.10 Å². The molecule has 1 aliphatic carbocycles. The zero-order valence-electron chi connectivity index (χ0n) is 7.90. The molecule has 13 heavy (non-hydrogen) atoms. The van der Waals surface area contributed by atoms with E-state index >= 15 is 0 Å². The number of nitrogens with one attached hydrogen (secondary N) is 1. The second-order valence-corrected chi connectivity index (χ2v) is 3.83. The van der Waals surface area contributed by atoms with Gasteiger partial charge in [0.25, 0.3) is 0 Å². The summed E-state index contributed by atoms with van der Waals surface area (Å²) in [5.41, 5.74) is 0. The monoisotopic (exact) mass is 177 g/mol. The molecule has 1 aromatic heterocycles. The van der Waals surface area contributed by atoms with Crippen LogP contribution >= 0.6 is 0 Å².